The van der Waals surface area contributed by atoms with E-state index < -0.39 is 0 Å². The van der Waals surface area contributed by atoms with Gasteiger partial charge in [0.15, 0.2) is 0 Å². The quantitative estimate of drug-likeness (QED) is 0.712. The molecule has 2 aliphatic rings. The molecule has 0 unspecified atom stereocenters. The van der Waals surface area contributed by atoms with Crippen molar-refractivity contribution in [2.24, 2.45) is 5.41 Å². The van der Waals surface area contributed by atoms with Crippen LogP contribution in [-0.2, 0) is 4.74 Å². The summed E-state index contributed by atoms with van der Waals surface area (Å²) >= 11 is 0. The van der Waals surface area contributed by atoms with E-state index in [1.54, 1.807) is 0 Å². The van der Waals surface area contributed by atoms with Gasteiger partial charge in [-0.05, 0) is 38.8 Å². The number of nitrogens with zero attached hydrogens (tertiary/aromatic N) is 1. The number of hydrogen-bond acceptors (Lipinski definition) is 2. The summed E-state index contributed by atoms with van der Waals surface area (Å²) in [5.74, 6) is 0. The van der Waals surface area contributed by atoms with Crippen LogP contribution in [-0.4, -0.2) is 38.3 Å². The Balaban J connectivity index is 0.000000531. The van der Waals surface area contributed by atoms with Crippen molar-refractivity contribution in [1.29, 1.82) is 0 Å². The predicted octanol–water partition coefficient (Wildman–Crippen LogP) is 2.93. The first-order valence-corrected chi connectivity index (χ1v) is 6.56. The third kappa shape index (κ3) is 4.12. The van der Waals surface area contributed by atoms with Crippen molar-refractivity contribution >= 4 is 0 Å². The summed E-state index contributed by atoms with van der Waals surface area (Å²) in [5.41, 5.74) is 0.562. The highest BCUT2D eigenvalue weighted by molar-refractivity contribution is 4.95. The molecule has 1 heterocycles. The van der Waals surface area contributed by atoms with Gasteiger partial charge in [-0.15, -0.1) is 0 Å². The van der Waals surface area contributed by atoms with Gasteiger partial charge in [0.2, 0.25) is 0 Å². The summed E-state index contributed by atoms with van der Waals surface area (Å²) in [4.78, 5) is 2.63. The molecule has 1 saturated heterocycles. The molecule has 1 aliphatic carbocycles. The Labute approximate surface area is 95.0 Å². The van der Waals surface area contributed by atoms with Crippen LogP contribution in [0.1, 0.15) is 46.0 Å². The molecule has 2 heteroatoms. The molecular formula is C13H27NO. The lowest BCUT2D eigenvalue weighted by Gasteiger charge is -2.30. The molecule has 1 aliphatic heterocycles. The lowest BCUT2D eigenvalue weighted by molar-refractivity contribution is 0.1000. The summed E-state index contributed by atoms with van der Waals surface area (Å²) in [6, 6.07) is 0. The topological polar surface area (TPSA) is 12.5 Å². The monoisotopic (exact) mass is 213 g/mol. The van der Waals surface area contributed by atoms with Gasteiger partial charge in [-0.3, -0.25) is 0 Å². The second kappa shape index (κ2) is 6.49. The Bertz CT molecular complexity index is 160. The van der Waals surface area contributed by atoms with E-state index in [1.165, 1.54) is 51.7 Å². The molecule has 0 radical (unpaired) electrons. The van der Waals surface area contributed by atoms with Gasteiger partial charge in [0.1, 0.15) is 0 Å². The van der Waals surface area contributed by atoms with Crippen molar-refractivity contribution in [3.8, 4) is 0 Å². The minimum atomic E-state index is 0.562. The normalized spacial score (nSPS) is 24.2. The van der Waals surface area contributed by atoms with E-state index in [2.05, 4.69) is 4.90 Å². The maximum absolute atomic E-state index is 5.28. The fraction of sp³-hybridized carbons (Fsp3) is 1.00. The highest BCUT2D eigenvalue weighted by Gasteiger charge is 2.43. The van der Waals surface area contributed by atoms with E-state index in [9.17, 15) is 0 Å². The highest BCUT2D eigenvalue weighted by atomic mass is 16.5. The van der Waals surface area contributed by atoms with Gasteiger partial charge < -0.3 is 9.64 Å². The van der Waals surface area contributed by atoms with Gasteiger partial charge in [-0.1, -0.05) is 20.3 Å². The van der Waals surface area contributed by atoms with Crippen molar-refractivity contribution in [2.45, 2.75) is 46.0 Å². The van der Waals surface area contributed by atoms with E-state index in [4.69, 9.17) is 4.74 Å². The van der Waals surface area contributed by atoms with E-state index in [0.717, 1.165) is 6.61 Å². The molecule has 0 atom stereocenters. The van der Waals surface area contributed by atoms with Crippen molar-refractivity contribution in [3.63, 3.8) is 0 Å². The molecular weight excluding hydrogens is 186 g/mol. The molecule has 15 heavy (non-hydrogen) atoms. The molecule has 0 spiro atoms. The van der Waals surface area contributed by atoms with Gasteiger partial charge >= 0.3 is 0 Å². The number of methoxy groups -OCH3 is 1. The van der Waals surface area contributed by atoms with Crippen molar-refractivity contribution < 1.29 is 4.74 Å². The Morgan fingerprint density at radius 3 is 2.13 bits per heavy atom. The summed E-state index contributed by atoms with van der Waals surface area (Å²) in [6.45, 7) is 8.92. The Kier molecular flexibility index (Phi) is 5.62. The fourth-order valence-corrected chi connectivity index (χ4v) is 2.42. The third-order valence-electron chi connectivity index (χ3n) is 3.42. The third-order valence-corrected chi connectivity index (χ3v) is 3.42. The number of hydrogen-bond donors (Lipinski definition) is 0. The Hall–Kier alpha value is -0.0800. The van der Waals surface area contributed by atoms with E-state index in [1.807, 2.05) is 21.0 Å². The predicted molar refractivity (Wildman–Crippen MR) is 65.2 cm³/mol. The summed E-state index contributed by atoms with van der Waals surface area (Å²) in [7, 11) is 1.83. The Morgan fingerprint density at radius 1 is 1.07 bits per heavy atom. The average Bonchev–Trinajstić information content (AvgIpc) is 3.03. The lowest BCUT2D eigenvalue weighted by atomic mass is 10.1. The van der Waals surface area contributed by atoms with Crippen LogP contribution in [0.3, 0.4) is 0 Å². The first kappa shape index (κ1) is 13.0. The summed E-state index contributed by atoms with van der Waals surface area (Å²) in [5, 5.41) is 0. The zero-order valence-corrected chi connectivity index (χ0v) is 10.7. The highest BCUT2D eigenvalue weighted by Crippen LogP contribution is 2.46. The van der Waals surface area contributed by atoms with Gasteiger partial charge in [0.25, 0.3) is 0 Å². The van der Waals surface area contributed by atoms with Crippen molar-refractivity contribution in [1.82, 2.24) is 4.90 Å². The summed E-state index contributed by atoms with van der Waals surface area (Å²) in [6.07, 6.45) is 7.02. The molecule has 2 nitrogen and oxygen atoms in total. The van der Waals surface area contributed by atoms with Crippen molar-refractivity contribution in [3.05, 3.63) is 0 Å². The second-order valence-corrected chi connectivity index (χ2v) is 4.77. The molecule has 1 saturated carbocycles. The number of likely N-dealkylation sites (tertiary alicyclic amines) is 1. The molecule has 0 bridgehead atoms. The zero-order valence-electron chi connectivity index (χ0n) is 10.7. The molecule has 0 aromatic rings. The largest absolute Gasteiger partial charge is 0.384 e. The maximum Gasteiger partial charge on any atom is 0.0530 e. The average molecular weight is 213 g/mol. The maximum atomic E-state index is 5.28. The second-order valence-electron chi connectivity index (χ2n) is 4.77. The smallest absolute Gasteiger partial charge is 0.0530 e. The number of rotatable bonds is 4. The molecule has 2 rings (SSSR count). The molecule has 0 aromatic heterocycles. The SMILES string of the molecule is CC.COCC1(CN2CCCCC2)CC1. The van der Waals surface area contributed by atoms with Crippen LogP contribution >= 0.6 is 0 Å². The summed E-state index contributed by atoms with van der Waals surface area (Å²) < 4.78 is 5.28. The van der Waals surface area contributed by atoms with E-state index in [0.29, 0.717) is 5.41 Å². The number of piperidine rings is 1. The Morgan fingerprint density at radius 2 is 1.67 bits per heavy atom. The first-order valence-electron chi connectivity index (χ1n) is 6.56. The van der Waals surface area contributed by atoms with Gasteiger partial charge in [0.05, 0.1) is 6.61 Å². The minimum Gasteiger partial charge on any atom is -0.384 e. The molecule has 90 valence electrons. The number of ether oxygens (including phenoxy) is 1. The van der Waals surface area contributed by atoms with Gasteiger partial charge in [-0.25, -0.2) is 0 Å². The van der Waals surface area contributed by atoms with Crippen LogP contribution in [0.2, 0.25) is 0 Å². The van der Waals surface area contributed by atoms with Gasteiger partial charge in [-0.2, -0.15) is 0 Å². The van der Waals surface area contributed by atoms with E-state index in [-0.39, 0.29) is 0 Å². The van der Waals surface area contributed by atoms with Crippen molar-refractivity contribution in [2.75, 3.05) is 33.4 Å². The standard InChI is InChI=1S/C11H21NO.C2H6/c1-13-10-11(5-6-11)9-12-7-3-2-4-8-12;1-2/h2-10H2,1H3;1-2H3. The van der Waals surface area contributed by atoms with Crippen LogP contribution in [0.25, 0.3) is 0 Å². The minimum absolute atomic E-state index is 0.562. The molecule has 0 N–H and O–H groups in total. The lowest BCUT2D eigenvalue weighted by Crippen LogP contribution is -2.36. The van der Waals surface area contributed by atoms with Crippen LogP contribution < -0.4 is 0 Å². The van der Waals surface area contributed by atoms with Gasteiger partial charge in [0, 0.05) is 19.1 Å². The van der Waals surface area contributed by atoms with Crippen LogP contribution in [0.5, 0.6) is 0 Å². The fourth-order valence-electron chi connectivity index (χ4n) is 2.42. The van der Waals surface area contributed by atoms with E-state index >= 15 is 0 Å². The van der Waals surface area contributed by atoms with Crippen LogP contribution in [0.15, 0.2) is 0 Å². The molecule has 2 fully saturated rings. The first-order chi connectivity index (χ1) is 7.35. The van der Waals surface area contributed by atoms with Crippen LogP contribution in [0, 0.1) is 5.41 Å². The molecule has 0 amide bonds. The zero-order chi connectivity index (χ0) is 11.1. The molecule has 0 aromatic carbocycles. The van der Waals surface area contributed by atoms with Crippen LogP contribution in [0.4, 0.5) is 0 Å².